The molecule has 1 aliphatic rings. The van der Waals surface area contributed by atoms with Gasteiger partial charge in [0.2, 0.25) is 5.95 Å². The van der Waals surface area contributed by atoms with Crippen LogP contribution >= 0.6 is 0 Å². The van der Waals surface area contributed by atoms with E-state index < -0.39 is 0 Å². The normalized spacial score (nSPS) is 15.0. The van der Waals surface area contributed by atoms with E-state index in [0.29, 0.717) is 17.9 Å². The van der Waals surface area contributed by atoms with Crippen LogP contribution in [0.1, 0.15) is 33.1 Å². The minimum absolute atomic E-state index is 0.625. The molecule has 2 heterocycles. The maximum absolute atomic E-state index is 4.66. The van der Waals surface area contributed by atoms with Crippen LogP contribution in [0.2, 0.25) is 0 Å². The molecule has 20 heavy (non-hydrogen) atoms. The van der Waals surface area contributed by atoms with E-state index in [0.717, 1.165) is 23.5 Å². The van der Waals surface area contributed by atoms with E-state index in [9.17, 15) is 0 Å². The third-order valence-electron chi connectivity index (χ3n) is 3.70. The smallest absolute Gasteiger partial charge is 0.226 e. The molecule has 108 valence electrons. The number of fused-ring (bicyclic) bond motifs is 1. The first kappa shape index (κ1) is 13.1. The Kier molecular flexibility index (Phi) is 3.46. The summed E-state index contributed by atoms with van der Waals surface area (Å²) in [4.78, 5) is 18.9. The van der Waals surface area contributed by atoms with Crippen LogP contribution in [0.15, 0.2) is 6.33 Å². The number of hydrogen-bond donors (Lipinski definition) is 2. The Bertz CT molecular complexity index is 586. The summed E-state index contributed by atoms with van der Waals surface area (Å²) in [6.45, 7) is 5.56. The summed E-state index contributed by atoms with van der Waals surface area (Å²) in [5.74, 6) is 2.31. The fourth-order valence-electron chi connectivity index (χ4n) is 2.38. The number of imidazole rings is 1. The summed E-state index contributed by atoms with van der Waals surface area (Å²) in [5.41, 5.74) is 1.68. The molecule has 6 nitrogen and oxygen atoms in total. The molecule has 3 rings (SSSR count). The van der Waals surface area contributed by atoms with Crippen molar-refractivity contribution in [2.24, 2.45) is 5.92 Å². The monoisotopic (exact) mass is 274 g/mol. The van der Waals surface area contributed by atoms with Gasteiger partial charge in [-0.05, 0) is 25.2 Å². The Morgan fingerprint density at radius 3 is 2.85 bits per heavy atom. The highest BCUT2D eigenvalue weighted by Gasteiger charge is 2.31. The van der Waals surface area contributed by atoms with E-state index in [-0.39, 0.29) is 0 Å². The maximum atomic E-state index is 4.66. The molecular formula is C14H22N6. The maximum Gasteiger partial charge on any atom is 0.226 e. The minimum Gasteiger partial charge on any atom is -0.357 e. The third kappa shape index (κ3) is 2.55. The quantitative estimate of drug-likeness (QED) is 0.846. The van der Waals surface area contributed by atoms with E-state index >= 15 is 0 Å². The summed E-state index contributed by atoms with van der Waals surface area (Å²) in [5, 5.41) is 3.03. The van der Waals surface area contributed by atoms with Crippen LogP contribution in [0.3, 0.4) is 0 Å². The second-order valence-electron chi connectivity index (χ2n) is 5.83. The summed E-state index contributed by atoms with van der Waals surface area (Å²) in [6, 6.07) is 0.625. The molecule has 0 unspecified atom stereocenters. The van der Waals surface area contributed by atoms with E-state index in [2.05, 4.69) is 44.0 Å². The third-order valence-corrected chi connectivity index (χ3v) is 3.70. The van der Waals surface area contributed by atoms with Gasteiger partial charge in [0.15, 0.2) is 11.5 Å². The molecule has 1 saturated carbocycles. The van der Waals surface area contributed by atoms with Crippen LogP contribution in [0.4, 0.5) is 11.8 Å². The lowest BCUT2D eigenvalue weighted by Crippen LogP contribution is -2.29. The van der Waals surface area contributed by atoms with Gasteiger partial charge < -0.3 is 15.2 Å². The first-order valence-corrected chi connectivity index (χ1v) is 7.34. The molecule has 2 aromatic rings. The molecule has 1 fully saturated rings. The molecule has 6 heteroatoms. The van der Waals surface area contributed by atoms with Gasteiger partial charge in [0.05, 0.1) is 6.33 Å². The number of aromatic amines is 1. The van der Waals surface area contributed by atoms with E-state index in [1.165, 1.54) is 19.3 Å². The fraction of sp³-hybridized carbons (Fsp3) is 0.643. The average molecular weight is 274 g/mol. The van der Waals surface area contributed by atoms with Crippen molar-refractivity contribution in [3.8, 4) is 0 Å². The lowest BCUT2D eigenvalue weighted by molar-refractivity contribution is 0.569. The Labute approximate surface area is 119 Å². The first-order chi connectivity index (χ1) is 9.69. The van der Waals surface area contributed by atoms with Crippen molar-refractivity contribution >= 4 is 22.9 Å². The topological polar surface area (TPSA) is 69.7 Å². The Morgan fingerprint density at radius 2 is 2.20 bits per heavy atom. The molecular weight excluding hydrogens is 252 g/mol. The highest BCUT2D eigenvalue weighted by atomic mass is 15.3. The van der Waals surface area contributed by atoms with Gasteiger partial charge >= 0.3 is 0 Å². The van der Waals surface area contributed by atoms with Crippen molar-refractivity contribution in [1.82, 2.24) is 19.9 Å². The number of H-pyrrole nitrogens is 1. The van der Waals surface area contributed by atoms with Gasteiger partial charge in [-0.25, -0.2) is 4.98 Å². The number of anilines is 2. The molecule has 0 aromatic carbocycles. The van der Waals surface area contributed by atoms with Gasteiger partial charge in [-0.2, -0.15) is 9.97 Å². The van der Waals surface area contributed by atoms with Crippen LogP contribution < -0.4 is 10.2 Å². The van der Waals surface area contributed by atoms with Gasteiger partial charge in [-0.15, -0.1) is 0 Å². The van der Waals surface area contributed by atoms with Crippen molar-refractivity contribution in [3.63, 3.8) is 0 Å². The highest BCUT2D eigenvalue weighted by Crippen LogP contribution is 2.34. The standard InChI is InChI=1S/C14H22N6/c1-9(2)6-7-20(10-4-5-10)13-11-12(17-8-16-11)18-14(15-3)19-13/h8-10H,4-7H2,1-3H3,(H2,15,16,17,18,19). The summed E-state index contributed by atoms with van der Waals surface area (Å²) >= 11 is 0. The predicted octanol–water partition coefficient (Wildman–Crippen LogP) is 2.41. The van der Waals surface area contributed by atoms with E-state index in [1.807, 2.05) is 7.05 Å². The van der Waals surface area contributed by atoms with Crippen molar-refractivity contribution < 1.29 is 0 Å². The van der Waals surface area contributed by atoms with E-state index in [1.54, 1.807) is 6.33 Å². The zero-order chi connectivity index (χ0) is 14.1. The highest BCUT2D eigenvalue weighted by molar-refractivity contribution is 5.84. The van der Waals surface area contributed by atoms with Gasteiger partial charge in [0.25, 0.3) is 0 Å². The van der Waals surface area contributed by atoms with Crippen molar-refractivity contribution in [2.45, 2.75) is 39.2 Å². The first-order valence-electron chi connectivity index (χ1n) is 7.34. The van der Waals surface area contributed by atoms with Gasteiger partial charge in [-0.1, -0.05) is 13.8 Å². The molecule has 0 radical (unpaired) electrons. The van der Waals surface area contributed by atoms with Gasteiger partial charge in [0, 0.05) is 19.6 Å². The second kappa shape index (κ2) is 5.26. The molecule has 0 spiro atoms. The van der Waals surface area contributed by atoms with Crippen LogP contribution in [0.5, 0.6) is 0 Å². The number of nitrogens with zero attached hydrogens (tertiary/aromatic N) is 4. The lowest BCUT2D eigenvalue weighted by Gasteiger charge is -2.25. The fourth-order valence-corrected chi connectivity index (χ4v) is 2.38. The molecule has 1 aliphatic carbocycles. The Balaban J connectivity index is 1.98. The molecule has 0 atom stereocenters. The molecule has 0 bridgehead atoms. The molecule has 0 saturated heterocycles. The van der Waals surface area contributed by atoms with Crippen LogP contribution in [-0.2, 0) is 0 Å². The van der Waals surface area contributed by atoms with Gasteiger partial charge in [0.1, 0.15) is 5.52 Å². The molecule has 0 aliphatic heterocycles. The average Bonchev–Trinajstić information content (AvgIpc) is 3.15. The van der Waals surface area contributed by atoms with Crippen LogP contribution in [0, 0.1) is 5.92 Å². The SMILES string of the molecule is CNc1nc(N(CCC(C)C)C2CC2)c2[nH]cnc2n1. The van der Waals surface area contributed by atoms with E-state index in [4.69, 9.17) is 0 Å². The number of nitrogens with one attached hydrogen (secondary N) is 2. The molecule has 2 N–H and O–H groups in total. The van der Waals surface area contributed by atoms with Crippen molar-refractivity contribution in [2.75, 3.05) is 23.8 Å². The van der Waals surface area contributed by atoms with Crippen LogP contribution in [0.25, 0.3) is 11.2 Å². The summed E-state index contributed by atoms with van der Waals surface area (Å²) in [7, 11) is 1.84. The summed E-state index contributed by atoms with van der Waals surface area (Å²) < 4.78 is 0. The number of rotatable bonds is 6. The lowest BCUT2D eigenvalue weighted by atomic mass is 10.1. The molecule has 0 amide bonds. The zero-order valence-corrected chi connectivity index (χ0v) is 12.3. The van der Waals surface area contributed by atoms with Crippen LogP contribution in [-0.4, -0.2) is 39.6 Å². The largest absolute Gasteiger partial charge is 0.357 e. The van der Waals surface area contributed by atoms with Crippen molar-refractivity contribution in [3.05, 3.63) is 6.33 Å². The number of hydrogen-bond acceptors (Lipinski definition) is 5. The Hall–Kier alpha value is -1.85. The second-order valence-corrected chi connectivity index (χ2v) is 5.83. The minimum atomic E-state index is 0.625. The zero-order valence-electron chi connectivity index (χ0n) is 12.3. The summed E-state index contributed by atoms with van der Waals surface area (Å²) in [6.07, 6.45) is 5.38. The predicted molar refractivity (Wildman–Crippen MR) is 81.1 cm³/mol. The number of aromatic nitrogens is 4. The van der Waals surface area contributed by atoms with Crippen molar-refractivity contribution in [1.29, 1.82) is 0 Å². The van der Waals surface area contributed by atoms with Gasteiger partial charge in [-0.3, -0.25) is 0 Å². The Morgan fingerprint density at radius 1 is 1.40 bits per heavy atom. The molecule has 2 aromatic heterocycles.